The normalized spacial score (nSPS) is 20.7. The van der Waals surface area contributed by atoms with Crippen molar-refractivity contribution in [3.05, 3.63) is 58.7 Å². The minimum absolute atomic E-state index is 0.00814. The number of hydrogen-bond donors (Lipinski definition) is 2. The van der Waals surface area contributed by atoms with Crippen LogP contribution in [0.2, 0.25) is 0 Å². The van der Waals surface area contributed by atoms with E-state index in [1.165, 1.54) is 0 Å². The summed E-state index contributed by atoms with van der Waals surface area (Å²) in [7, 11) is 7.11. The van der Waals surface area contributed by atoms with Gasteiger partial charge in [0.05, 0.1) is 35.8 Å². The summed E-state index contributed by atoms with van der Waals surface area (Å²) in [6.07, 6.45) is 4.14. The number of rotatable bonds is 19. The highest BCUT2D eigenvalue weighted by atomic mass is 16.5. The second kappa shape index (κ2) is 19.7. The molecule has 2 aliphatic rings. The molecule has 0 aliphatic carbocycles. The fraction of sp³-hybridized carbons (Fsp3) is 0.667. The van der Waals surface area contributed by atoms with Gasteiger partial charge in [-0.25, -0.2) is 0 Å². The fourth-order valence-electron chi connectivity index (χ4n) is 8.69. The van der Waals surface area contributed by atoms with Gasteiger partial charge < -0.3 is 29.9 Å². The maximum absolute atomic E-state index is 14.3. The number of ether oxygens (including phenoxy) is 2. The van der Waals surface area contributed by atoms with E-state index in [-0.39, 0.29) is 53.4 Å². The van der Waals surface area contributed by atoms with E-state index in [1.54, 1.807) is 25.3 Å². The average Bonchev–Trinajstić information content (AvgIpc) is 3.80. The highest BCUT2D eigenvalue weighted by Gasteiger charge is 2.46. The van der Waals surface area contributed by atoms with Crippen molar-refractivity contribution >= 4 is 28.5 Å². The number of nitrogens with one attached hydrogen (secondary N) is 2. The van der Waals surface area contributed by atoms with Crippen LogP contribution in [-0.4, -0.2) is 115 Å². The van der Waals surface area contributed by atoms with Gasteiger partial charge in [0.25, 0.3) is 5.88 Å². The summed E-state index contributed by atoms with van der Waals surface area (Å²) >= 11 is 0. The van der Waals surface area contributed by atoms with E-state index in [0.29, 0.717) is 31.6 Å². The van der Waals surface area contributed by atoms with Crippen molar-refractivity contribution in [2.24, 2.45) is 28.8 Å². The van der Waals surface area contributed by atoms with Crippen LogP contribution in [0, 0.1) is 28.6 Å². The van der Waals surface area contributed by atoms with Crippen molar-refractivity contribution in [1.29, 1.82) is 0 Å². The number of likely N-dealkylation sites (tertiary alicyclic amines) is 1. The predicted octanol–water partition coefficient (Wildman–Crippen LogP) is 5.33. The summed E-state index contributed by atoms with van der Waals surface area (Å²) in [5, 5.41) is 11.7. The van der Waals surface area contributed by atoms with E-state index >= 15 is 0 Å². The first-order valence-corrected chi connectivity index (χ1v) is 20.0. The lowest BCUT2D eigenvalue weighted by molar-refractivity contribution is -0.143. The molecule has 2 aliphatic heterocycles. The average molecular weight is 764 g/mol. The van der Waals surface area contributed by atoms with E-state index in [2.05, 4.69) is 45.6 Å². The van der Waals surface area contributed by atoms with Gasteiger partial charge in [0, 0.05) is 62.5 Å². The highest BCUT2D eigenvalue weighted by Crippen LogP contribution is 2.39. The minimum atomic E-state index is -0.746. The van der Waals surface area contributed by atoms with Gasteiger partial charge in [0.2, 0.25) is 17.7 Å². The third-order valence-corrected chi connectivity index (χ3v) is 11.7. The molecule has 1 fully saturated rings. The fourth-order valence-corrected chi connectivity index (χ4v) is 8.69. The summed E-state index contributed by atoms with van der Waals surface area (Å²) in [4.78, 5) is 64.0. The van der Waals surface area contributed by atoms with Crippen LogP contribution in [0.25, 0.3) is 10.8 Å². The summed E-state index contributed by atoms with van der Waals surface area (Å²) in [6.45, 7) is 14.9. The van der Waals surface area contributed by atoms with Crippen LogP contribution >= 0.6 is 0 Å². The Balaban J connectivity index is 1.48. The van der Waals surface area contributed by atoms with Gasteiger partial charge in [-0.3, -0.25) is 24.3 Å². The van der Waals surface area contributed by atoms with Crippen molar-refractivity contribution < 1.29 is 23.9 Å². The number of pyridine rings is 1. The first-order chi connectivity index (χ1) is 26.2. The van der Waals surface area contributed by atoms with Gasteiger partial charge >= 0.3 is 0 Å². The summed E-state index contributed by atoms with van der Waals surface area (Å²) in [5.41, 5.74) is 1.61. The Morgan fingerprint density at radius 1 is 1.04 bits per heavy atom. The lowest BCUT2D eigenvalue weighted by Gasteiger charge is -2.39. The number of nitrogens with zero attached hydrogens (tertiary/aromatic N) is 5. The number of benzene rings is 1. The van der Waals surface area contributed by atoms with E-state index in [9.17, 15) is 19.3 Å². The van der Waals surface area contributed by atoms with E-state index in [4.69, 9.17) is 9.47 Å². The van der Waals surface area contributed by atoms with Crippen molar-refractivity contribution in [3.63, 3.8) is 0 Å². The van der Waals surface area contributed by atoms with Gasteiger partial charge in [-0.2, -0.15) is 0 Å². The molecular formula is C42H65N7O6. The first kappa shape index (κ1) is 43.6. The maximum Gasteiger partial charge on any atom is 0.275 e. The van der Waals surface area contributed by atoms with Gasteiger partial charge in [-0.1, -0.05) is 79.2 Å². The molecule has 0 bridgehead atoms. The number of fused-ring (bicyclic) bond motifs is 1. The number of carbonyl (C=O) groups excluding carboxylic acids is 3. The Kier molecular flexibility index (Phi) is 15.6. The molecule has 55 heavy (non-hydrogen) atoms. The maximum atomic E-state index is 14.3. The van der Waals surface area contributed by atoms with Crippen LogP contribution < -0.4 is 10.6 Å². The third kappa shape index (κ3) is 10.0. The number of carbonyl (C=O) groups is 3. The number of amides is 3. The molecule has 1 aromatic heterocycles. The summed E-state index contributed by atoms with van der Waals surface area (Å²) in [5.74, 6) is -1.08. The molecule has 1 aromatic carbocycles. The SMILES string of the molecule is CC[C@H](C)C([C@H]1CC(N2CCC[C@H]2[C@H](OC)[C@@H](C)C(=O)NCCc2nccc3ccccc23)=C(N=O)O1)N(C)C(=O)[C@@H](NC(=O)[C@H](C(C)C)N(C)C)C(C)C. The number of nitroso groups, excluding NO2 is 1. The molecule has 0 saturated carbocycles. The number of hydrogen-bond acceptors (Lipinski definition) is 10. The number of aromatic nitrogens is 1. The Morgan fingerprint density at radius 3 is 2.36 bits per heavy atom. The Bertz CT molecular complexity index is 1650. The molecule has 0 spiro atoms. The zero-order valence-corrected chi connectivity index (χ0v) is 34.9. The zero-order chi connectivity index (χ0) is 40.6. The van der Waals surface area contributed by atoms with E-state index in [1.807, 2.05) is 77.9 Å². The van der Waals surface area contributed by atoms with Gasteiger partial charge in [0.1, 0.15) is 12.1 Å². The van der Waals surface area contributed by atoms with Gasteiger partial charge in [-0.15, -0.1) is 4.91 Å². The van der Waals surface area contributed by atoms with Crippen LogP contribution in [-0.2, 0) is 30.3 Å². The predicted molar refractivity (Wildman–Crippen MR) is 216 cm³/mol. The molecule has 2 N–H and O–H groups in total. The molecule has 4 rings (SSSR count). The van der Waals surface area contributed by atoms with Crippen LogP contribution in [0.3, 0.4) is 0 Å². The standard InChI is InChI=1S/C42H65N7O6/c1-12-27(6)37(48(10)42(52)35(25(2)3)45-40(51)36(26(4)5)47(8)9)34-24-33(41(46-53)55-34)49-23-15-18-32(49)38(54-11)28(7)39(50)44-22-20-31-30-17-14-13-16-29(30)19-21-43-31/h13-14,16-17,19,21,25-28,32,34-38H,12,15,18,20,22-24H2,1-11H3,(H,44,50)(H,45,51)/t27-,28+,32-,34+,35-,36-,37?,38+/m0/s1. The smallest absolute Gasteiger partial charge is 0.275 e. The Labute approximate surface area is 327 Å². The highest BCUT2D eigenvalue weighted by molar-refractivity contribution is 5.90. The molecule has 1 unspecified atom stereocenters. The minimum Gasteiger partial charge on any atom is -0.468 e. The second-order valence-electron chi connectivity index (χ2n) is 16.3. The lowest BCUT2D eigenvalue weighted by Crippen LogP contribution is -2.59. The molecule has 13 nitrogen and oxygen atoms in total. The molecule has 8 atom stereocenters. The number of likely N-dealkylation sites (N-methyl/N-ethyl adjacent to an activating group) is 2. The van der Waals surface area contributed by atoms with Crippen molar-refractivity contribution in [2.45, 2.75) is 117 Å². The third-order valence-electron chi connectivity index (χ3n) is 11.7. The van der Waals surface area contributed by atoms with Crippen molar-refractivity contribution in [1.82, 2.24) is 30.3 Å². The summed E-state index contributed by atoms with van der Waals surface area (Å²) in [6, 6.07) is 8.35. The molecule has 1 saturated heterocycles. The molecule has 0 radical (unpaired) electrons. The monoisotopic (exact) mass is 763 g/mol. The molecule has 13 heteroatoms. The largest absolute Gasteiger partial charge is 0.468 e. The molecule has 3 heterocycles. The topological polar surface area (TPSA) is 146 Å². The molecule has 2 aromatic rings. The van der Waals surface area contributed by atoms with Crippen molar-refractivity contribution in [2.75, 3.05) is 41.3 Å². The van der Waals surface area contributed by atoms with Crippen LogP contribution in [0.4, 0.5) is 0 Å². The van der Waals surface area contributed by atoms with E-state index in [0.717, 1.165) is 35.7 Å². The molecular weight excluding hydrogens is 699 g/mol. The van der Waals surface area contributed by atoms with Gasteiger partial charge in [0.15, 0.2) is 0 Å². The van der Waals surface area contributed by atoms with Crippen LogP contribution in [0.5, 0.6) is 0 Å². The molecule has 3 amide bonds. The van der Waals surface area contributed by atoms with Crippen molar-refractivity contribution in [3.8, 4) is 0 Å². The zero-order valence-electron chi connectivity index (χ0n) is 34.9. The van der Waals surface area contributed by atoms with Crippen LogP contribution in [0.15, 0.2) is 53.3 Å². The first-order valence-electron chi connectivity index (χ1n) is 20.0. The van der Waals surface area contributed by atoms with E-state index < -0.39 is 30.2 Å². The quantitative estimate of drug-likeness (QED) is 0.181. The Hall–Kier alpha value is -4.10. The molecule has 304 valence electrons. The van der Waals surface area contributed by atoms with Crippen LogP contribution in [0.1, 0.15) is 79.8 Å². The lowest BCUT2D eigenvalue weighted by atomic mass is 9.89. The second-order valence-corrected chi connectivity index (χ2v) is 16.3. The summed E-state index contributed by atoms with van der Waals surface area (Å²) < 4.78 is 12.4. The Morgan fingerprint density at radius 2 is 1.75 bits per heavy atom. The van der Waals surface area contributed by atoms with Gasteiger partial charge in [-0.05, 0) is 56.1 Å². The number of methoxy groups -OCH3 is 1.